The molecule has 1 N–H and O–H groups in total. The summed E-state index contributed by atoms with van der Waals surface area (Å²) >= 11 is 0. The maximum atomic E-state index is 12.9. The van der Waals surface area contributed by atoms with E-state index in [4.69, 9.17) is 0 Å². The molecule has 1 aromatic rings. The molecule has 3 aliphatic rings. The van der Waals surface area contributed by atoms with Crippen LogP contribution in [0.5, 0.6) is 0 Å². The molecule has 5 nitrogen and oxygen atoms in total. The fourth-order valence-corrected chi connectivity index (χ4v) is 4.41. The van der Waals surface area contributed by atoms with Gasteiger partial charge in [-0.05, 0) is 37.5 Å². The highest BCUT2D eigenvalue weighted by atomic mass is 16.2. The Kier molecular flexibility index (Phi) is 3.34. The number of carbonyl (C=O) groups is 3. The molecule has 5 heteroatoms. The lowest BCUT2D eigenvalue weighted by molar-refractivity contribution is -0.132. The van der Waals surface area contributed by atoms with Gasteiger partial charge in [0.15, 0.2) is 5.78 Å². The maximum Gasteiger partial charge on any atom is 0.325 e. The molecule has 1 saturated heterocycles. The van der Waals surface area contributed by atoms with Crippen molar-refractivity contribution < 1.29 is 14.4 Å². The Bertz CT molecular complexity index is 742. The predicted octanol–water partition coefficient (Wildman–Crippen LogP) is 2.39. The highest BCUT2D eigenvalue weighted by Gasteiger charge is 2.57. The quantitative estimate of drug-likeness (QED) is 0.525. The van der Waals surface area contributed by atoms with Crippen LogP contribution >= 0.6 is 0 Å². The molecule has 24 heavy (non-hydrogen) atoms. The molecule has 3 amide bonds. The number of amides is 3. The van der Waals surface area contributed by atoms with Crippen LogP contribution < -0.4 is 5.32 Å². The van der Waals surface area contributed by atoms with Gasteiger partial charge in [-0.15, -0.1) is 0 Å². The summed E-state index contributed by atoms with van der Waals surface area (Å²) in [5, 5.41) is 2.87. The first kappa shape index (κ1) is 15.1. The number of hydrogen-bond acceptors (Lipinski definition) is 3. The molecule has 1 aliphatic heterocycles. The molecule has 0 aromatic heterocycles. The van der Waals surface area contributed by atoms with Gasteiger partial charge in [0.1, 0.15) is 5.54 Å². The van der Waals surface area contributed by atoms with Gasteiger partial charge >= 0.3 is 6.03 Å². The summed E-state index contributed by atoms with van der Waals surface area (Å²) in [6.45, 7) is 1.60. The number of imide groups is 1. The summed E-state index contributed by atoms with van der Waals surface area (Å²) in [6.07, 6.45) is 6.36. The fraction of sp³-hybridized carbons (Fsp3) is 0.421. The minimum absolute atomic E-state index is 0.112. The number of allylic oxidation sites excluding steroid dienone is 2. The van der Waals surface area contributed by atoms with Gasteiger partial charge in [0, 0.05) is 5.56 Å². The second-order valence-corrected chi connectivity index (χ2v) is 7.20. The van der Waals surface area contributed by atoms with Crippen molar-refractivity contribution >= 4 is 17.7 Å². The molecule has 1 heterocycles. The molecular weight excluding hydrogens is 304 g/mol. The third kappa shape index (κ3) is 2.19. The lowest BCUT2D eigenvalue weighted by Crippen LogP contribution is -2.52. The van der Waals surface area contributed by atoms with Gasteiger partial charge in [0.25, 0.3) is 5.91 Å². The van der Waals surface area contributed by atoms with Crippen LogP contribution in [0.4, 0.5) is 4.79 Å². The molecule has 2 bridgehead atoms. The van der Waals surface area contributed by atoms with Gasteiger partial charge in [-0.3, -0.25) is 14.5 Å². The number of carbonyl (C=O) groups excluding carboxylic acids is 3. The minimum atomic E-state index is -0.905. The topological polar surface area (TPSA) is 66.5 Å². The van der Waals surface area contributed by atoms with Gasteiger partial charge in [0.05, 0.1) is 6.54 Å². The number of benzene rings is 1. The van der Waals surface area contributed by atoms with E-state index >= 15 is 0 Å². The number of fused-ring (bicyclic) bond motifs is 2. The number of Topliss-reactive ketones (excluding diaryl/α,β-unsaturated/α-hetero) is 1. The number of urea groups is 1. The molecule has 2 aliphatic carbocycles. The second-order valence-electron chi connectivity index (χ2n) is 7.20. The van der Waals surface area contributed by atoms with E-state index in [1.54, 1.807) is 31.2 Å². The number of nitrogens with zero attached hydrogens (tertiary/aromatic N) is 1. The van der Waals surface area contributed by atoms with Crippen LogP contribution in [0, 0.1) is 17.8 Å². The standard InChI is InChI=1S/C19H20N2O3/c1-19(15-10-12-7-8-14(15)9-12)17(23)21(18(24)20-19)11-16(22)13-5-3-2-4-6-13/h2-8,12,14-15H,9-11H2,1H3,(H,20,24). The van der Waals surface area contributed by atoms with Crippen molar-refractivity contribution in [1.82, 2.24) is 10.2 Å². The van der Waals surface area contributed by atoms with Crippen molar-refractivity contribution in [2.75, 3.05) is 6.54 Å². The van der Waals surface area contributed by atoms with Crippen LogP contribution in [-0.2, 0) is 4.79 Å². The van der Waals surface area contributed by atoms with E-state index in [0.29, 0.717) is 17.4 Å². The van der Waals surface area contributed by atoms with Crippen molar-refractivity contribution in [3.63, 3.8) is 0 Å². The van der Waals surface area contributed by atoms with Crippen molar-refractivity contribution in [3.8, 4) is 0 Å². The highest BCUT2D eigenvalue weighted by Crippen LogP contribution is 2.49. The summed E-state index contributed by atoms with van der Waals surface area (Å²) in [5.41, 5.74) is -0.396. The number of ketones is 1. The van der Waals surface area contributed by atoms with Crippen LogP contribution in [0.3, 0.4) is 0 Å². The van der Waals surface area contributed by atoms with E-state index in [-0.39, 0.29) is 24.2 Å². The molecule has 4 rings (SSSR count). The van der Waals surface area contributed by atoms with Crippen LogP contribution in [-0.4, -0.2) is 34.7 Å². The summed E-state index contributed by atoms with van der Waals surface area (Å²) in [6, 6.07) is 8.29. The first-order chi connectivity index (χ1) is 11.5. The Morgan fingerprint density at radius 3 is 2.58 bits per heavy atom. The molecule has 0 spiro atoms. The van der Waals surface area contributed by atoms with Crippen molar-refractivity contribution in [2.45, 2.75) is 25.3 Å². The average Bonchev–Trinajstić information content (AvgIpc) is 3.27. The molecule has 124 valence electrons. The number of nitrogens with one attached hydrogen (secondary N) is 1. The van der Waals surface area contributed by atoms with E-state index in [1.807, 2.05) is 6.07 Å². The molecule has 0 radical (unpaired) electrons. The average molecular weight is 324 g/mol. The molecule has 1 saturated carbocycles. The van der Waals surface area contributed by atoms with E-state index in [1.165, 1.54) is 0 Å². The Morgan fingerprint density at radius 2 is 1.96 bits per heavy atom. The Labute approximate surface area is 140 Å². The molecule has 4 unspecified atom stereocenters. The monoisotopic (exact) mass is 324 g/mol. The zero-order valence-electron chi connectivity index (χ0n) is 13.6. The van der Waals surface area contributed by atoms with Gasteiger partial charge in [-0.25, -0.2) is 4.79 Å². The fourth-order valence-electron chi connectivity index (χ4n) is 4.41. The first-order valence-electron chi connectivity index (χ1n) is 8.40. The summed E-state index contributed by atoms with van der Waals surface area (Å²) in [7, 11) is 0. The normalized spacial score (nSPS) is 34.0. The summed E-state index contributed by atoms with van der Waals surface area (Å²) < 4.78 is 0. The number of hydrogen-bond donors (Lipinski definition) is 1. The summed E-state index contributed by atoms with van der Waals surface area (Å²) in [4.78, 5) is 38.7. The third-order valence-corrected chi connectivity index (χ3v) is 5.72. The van der Waals surface area contributed by atoms with Crippen molar-refractivity contribution in [3.05, 3.63) is 48.0 Å². The molecule has 1 aromatic carbocycles. The van der Waals surface area contributed by atoms with Gasteiger partial charge in [-0.2, -0.15) is 0 Å². The van der Waals surface area contributed by atoms with Gasteiger partial charge in [-0.1, -0.05) is 42.5 Å². The van der Waals surface area contributed by atoms with E-state index in [9.17, 15) is 14.4 Å². The smallest absolute Gasteiger partial charge is 0.323 e. The zero-order valence-corrected chi connectivity index (χ0v) is 13.6. The minimum Gasteiger partial charge on any atom is -0.323 e. The summed E-state index contributed by atoms with van der Waals surface area (Å²) in [5.74, 6) is 0.468. The SMILES string of the molecule is CC1(C2CC3C=CC2C3)NC(=O)N(CC(=O)c2ccccc2)C1=O. The highest BCUT2D eigenvalue weighted by molar-refractivity contribution is 6.11. The van der Waals surface area contributed by atoms with Crippen molar-refractivity contribution in [2.24, 2.45) is 17.8 Å². The predicted molar refractivity (Wildman–Crippen MR) is 88.3 cm³/mol. The van der Waals surface area contributed by atoms with Gasteiger partial charge < -0.3 is 5.32 Å². The van der Waals surface area contributed by atoms with E-state index in [2.05, 4.69) is 17.5 Å². The Hall–Kier alpha value is -2.43. The zero-order chi connectivity index (χ0) is 16.9. The largest absolute Gasteiger partial charge is 0.325 e. The van der Waals surface area contributed by atoms with Crippen LogP contribution in [0.25, 0.3) is 0 Å². The Balaban J connectivity index is 1.54. The van der Waals surface area contributed by atoms with Crippen LogP contribution in [0.2, 0.25) is 0 Å². The second kappa shape index (κ2) is 5.30. The van der Waals surface area contributed by atoms with Crippen molar-refractivity contribution in [1.29, 1.82) is 0 Å². The van der Waals surface area contributed by atoms with Gasteiger partial charge in [0.2, 0.25) is 0 Å². The van der Waals surface area contributed by atoms with E-state index in [0.717, 1.165) is 17.7 Å². The third-order valence-electron chi connectivity index (χ3n) is 5.72. The number of rotatable bonds is 4. The molecule has 4 atom stereocenters. The van der Waals surface area contributed by atoms with Crippen LogP contribution in [0.15, 0.2) is 42.5 Å². The molecular formula is C19H20N2O3. The van der Waals surface area contributed by atoms with E-state index < -0.39 is 11.6 Å². The maximum absolute atomic E-state index is 12.9. The first-order valence-corrected chi connectivity index (χ1v) is 8.40. The lowest BCUT2D eigenvalue weighted by atomic mass is 9.77. The Morgan fingerprint density at radius 1 is 1.21 bits per heavy atom. The van der Waals surface area contributed by atoms with Crippen LogP contribution in [0.1, 0.15) is 30.1 Å². The molecule has 2 fully saturated rings. The lowest BCUT2D eigenvalue weighted by Gasteiger charge is -2.33.